The van der Waals surface area contributed by atoms with Gasteiger partial charge in [-0.3, -0.25) is 13.9 Å². The Kier molecular flexibility index (Phi) is 11.8. The minimum absolute atomic E-state index is 0.0590. The van der Waals surface area contributed by atoms with Gasteiger partial charge in [-0.15, -0.1) is 0 Å². The topological polar surface area (TPSA) is 86.8 Å². The van der Waals surface area contributed by atoms with Crippen LogP contribution in [0.5, 0.6) is 0 Å². The summed E-state index contributed by atoms with van der Waals surface area (Å²) in [7, 11) is -3.84. The Balaban J connectivity index is 1.88. The van der Waals surface area contributed by atoms with Crippen LogP contribution in [0.1, 0.15) is 43.7 Å². The molecular formula is C31H37F2N3O4S. The van der Waals surface area contributed by atoms with Crippen LogP contribution in [-0.2, 0) is 32.6 Å². The van der Waals surface area contributed by atoms with Crippen molar-refractivity contribution < 1.29 is 26.8 Å². The molecule has 0 saturated carbocycles. The first-order valence-electron chi connectivity index (χ1n) is 13.7. The Hall–Kier alpha value is -3.79. The van der Waals surface area contributed by atoms with Gasteiger partial charge in [0.1, 0.15) is 17.7 Å². The monoisotopic (exact) mass is 585 g/mol. The minimum Gasteiger partial charge on any atom is -0.354 e. The van der Waals surface area contributed by atoms with Gasteiger partial charge in [0.05, 0.1) is 11.9 Å². The van der Waals surface area contributed by atoms with E-state index in [-0.39, 0.29) is 49.5 Å². The van der Waals surface area contributed by atoms with Gasteiger partial charge in [-0.05, 0) is 36.6 Å². The first-order chi connectivity index (χ1) is 19.6. The molecule has 1 unspecified atom stereocenters. The van der Waals surface area contributed by atoms with Crippen LogP contribution >= 0.6 is 0 Å². The zero-order valence-corrected chi connectivity index (χ0v) is 24.2. The number of hydrogen-bond donors (Lipinski definition) is 1. The molecule has 0 fully saturated rings. The van der Waals surface area contributed by atoms with E-state index in [1.165, 1.54) is 35.2 Å². The highest BCUT2D eigenvalue weighted by atomic mass is 32.2. The van der Waals surface area contributed by atoms with E-state index in [9.17, 15) is 26.8 Å². The van der Waals surface area contributed by atoms with Gasteiger partial charge in [0, 0.05) is 38.0 Å². The van der Waals surface area contributed by atoms with Crippen molar-refractivity contribution in [3.05, 3.63) is 102 Å². The molecule has 0 aromatic heterocycles. The number of halogens is 2. The lowest BCUT2D eigenvalue weighted by Crippen LogP contribution is -2.50. The highest BCUT2D eigenvalue weighted by Gasteiger charge is 2.31. The van der Waals surface area contributed by atoms with Crippen molar-refractivity contribution in [3.8, 4) is 0 Å². The second-order valence-electron chi connectivity index (χ2n) is 9.85. The number of anilines is 1. The summed E-state index contributed by atoms with van der Waals surface area (Å²) < 4.78 is 55.0. The second kappa shape index (κ2) is 15.3. The third-order valence-corrected chi connectivity index (χ3v) is 7.85. The van der Waals surface area contributed by atoms with Crippen LogP contribution in [0.4, 0.5) is 14.5 Å². The van der Waals surface area contributed by atoms with E-state index in [2.05, 4.69) is 5.32 Å². The molecule has 0 saturated heterocycles. The molecule has 0 spiro atoms. The molecule has 2 amide bonds. The number of carbonyl (C=O) groups excluding carboxylic acids is 2. The molecule has 7 nitrogen and oxygen atoms in total. The molecule has 0 radical (unpaired) electrons. The van der Waals surface area contributed by atoms with Gasteiger partial charge in [0.2, 0.25) is 21.8 Å². The van der Waals surface area contributed by atoms with Crippen molar-refractivity contribution in [2.45, 2.75) is 51.6 Å². The van der Waals surface area contributed by atoms with E-state index >= 15 is 0 Å². The van der Waals surface area contributed by atoms with Crippen molar-refractivity contribution in [3.63, 3.8) is 0 Å². The van der Waals surface area contributed by atoms with Gasteiger partial charge in [-0.2, -0.15) is 0 Å². The van der Waals surface area contributed by atoms with Gasteiger partial charge < -0.3 is 10.2 Å². The summed E-state index contributed by atoms with van der Waals surface area (Å²) in [5, 5.41) is 2.91. The Morgan fingerprint density at radius 2 is 1.51 bits per heavy atom. The molecule has 3 aromatic carbocycles. The fraction of sp³-hybridized carbons (Fsp3) is 0.355. The molecular weight excluding hydrogens is 548 g/mol. The van der Waals surface area contributed by atoms with Gasteiger partial charge in [0.25, 0.3) is 0 Å². The molecule has 220 valence electrons. The Labute approximate surface area is 241 Å². The maximum absolute atomic E-state index is 14.7. The number of carbonyl (C=O) groups is 2. The molecule has 10 heteroatoms. The second-order valence-corrected chi connectivity index (χ2v) is 11.8. The van der Waals surface area contributed by atoms with Crippen molar-refractivity contribution in [2.24, 2.45) is 0 Å². The number of nitrogens with zero attached hydrogens (tertiary/aromatic N) is 2. The summed E-state index contributed by atoms with van der Waals surface area (Å²) in [5.41, 5.74) is 0.976. The van der Waals surface area contributed by atoms with Crippen LogP contribution < -0.4 is 9.62 Å². The summed E-state index contributed by atoms with van der Waals surface area (Å²) in [5.74, 6) is -1.99. The van der Waals surface area contributed by atoms with Crippen molar-refractivity contribution >= 4 is 27.5 Å². The van der Waals surface area contributed by atoms with E-state index in [0.717, 1.165) is 29.0 Å². The molecule has 3 aromatic rings. The molecule has 1 atom stereocenters. The standard InChI is InChI=1S/C31H37F2N3O4S/c1-3-4-20-34-31(38)29(22-24-13-6-5-7-14-24)35(23-25-15-8-9-16-26(25)32)30(37)19-12-21-36(41(2,39)40)28-18-11-10-17-27(28)33/h5-11,13-18,29H,3-4,12,19-23H2,1-2H3,(H,34,38). The number of benzene rings is 3. The Morgan fingerprint density at radius 3 is 2.15 bits per heavy atom. The molecule has 0 aliphatic carbocycles. The van der Waals surface area contributed by atoms with E-state index in [1.54, 1.807) is 18.2 Å². The predicted molar refractivity (Wildman–Crippen MR) is 157 cm³/mol. The number of sulfonamides is 1. The van der Waals surface area contributed by atoms with Crippen molar-refractivity contribution in [1.82, 2.24) is 10.2 Å². The first-order valence-corrected chi connectivity index (χ1v) is 15.5. The Bertz CT molecular complexity index is 1400. The maximum atomic E-state index is 14.7. The van der Waals surface area contributed by atoms with Gasteiger partial charge in [-0.1, -0.05) is 74.0 Å². The lowest BCUT2D eigenvalue weighted by atomic mass is 10.0. The SMILES string of the molecule is CCCCNC(=O)C(Cc1ccccc1)N(Cc1ccccc1F)C(=O)CCCN(c1ccccc1F)S(C)(=O)=O. The zero-order chi connectivity index (χ0) is 29.8. The van der Waals surface area contributed by atoms with Crippen molar-refractivity contribution in [2.75, 3.05) is 23.7 Å². The van der Waals surface area contributed by atoms with Gasteiger partial charge in [0.15, 0.2) is 0 Å². The number of para-hydroxylation sites is 1. The van der Waals surface area contributed by atoms with E-state index in [4.69, 9.17) is 0 Å². The van der Waals surface area contributed by atoms with Crippen LogP contribution in [0.15, 0.2) is 78.9 Å². The van der Waals surface area contributed by atoms with E-state index in [1.807, 2.05) is 37.3 Å². The highest BCUT2D eigenvalue weighted by molar-refractivity contribution is 7.92. The van der Waals surface area contributed by atoms with E-state index in [0.29, 0.717) is 6.54 Å². The molecule has 41 heavy (non-hydrogen) atoms. The Morgan fingerprint density at radius 1 is 0.878 bits per heavy atom. The number of hydrogen-bond acceptors (Lipinski definition) is 4. The van der Waals surface area contributed by atoms with Crippen LogP contribution in [-0.4, -0.2) is 50.5 Å². The van der Waals surface area contributed by atoms with Crippen molar-refractivity contribution in [1.29, 1.82) is 0 Å². The highest BCUT2D eigenvalue weighted by Crippen LogP contribution is 2.23. The van der Waals surface area contributed by atoms with Gasteiger partial charge in [-0.25, -0.2) is 17.2 Å². The number of amides is 2. The fourth-order valence-electron chi connectivity index (χ4n) is 4.51. The molecule has 0 heterocycles. The molecule has 1 N–H and O–H groups in total. The number of rotatable bonds is 15. The smallest absolute Gasteiger partial charge is 0.243 e. The third-order valence-electron chi connectivity index (χ3n) is 6.67. The lowest BCUT2D eigenvalue weighted by molar-refractivity contribution is -0.141. The molecule has 0 aliphatic rings. The quantitative estimate of drug-likeness (QED) is 0.253. The fourth-order valence-corrected chi connectivity index (χ4v) is 5.47. The van der Waals surface area contributed by atoms with Crippen LogP contribution in [0, 0.1) is 11.6 Å². The summed E-state index contributed by atoms with van der Waals surface area (Å²) in [6, 6.07) is 19.9. The predicted octanol–water partition coefficient (Wildman–Crippen LogP) is 5.07. The van der Waals surface area contributed by atoms with Crippen LogP contribution in [0.2, 0.25) is 0 Å². The number of unbranched alkanes of at least 4 members (excludes halogenated alkanes) is 1. The summed E-state index contributed by atoms with van der Waals surface area (Å²) in [6.07, 6.45) is 2.75. The van der Waals surface area contributed by atoms with Gasteiger partial charge >= 0.3 is 0 Å². The molecule has 0 bridgehead atoms. The minimum atomic E-state index is -3.84. The third kappa shape index (κ3) is 9.38. The van der Waals surface area contributed by atoms with Crippen LogP contribution in [0.3, 0.4) is 0 Å². The van der Waals surface area contributed by atoms with Crippen LogP contribution in [0.25, 0.3) is 0 Å². The largest absolute Gasteiger partial charge is 0.354 e. The summed E-state index contributed by atoms with van der Waals surface area (Å²) >= 11 is 0. The molecule has 0 aliphatic heterocycles. The summed E-state index contributed by atoms with van der Waals surface area (Å²) in [6.45, 7) is 2.15. The average Bonchev–Trinajstić information content (AvgIpc) is 2.94. The molecule has 3 rings (SSSR count). The van der Waals surface area contributed by atoms with E-state index < -0.39 is 33.6 Å². The lowest BCUT2D eigenvalue weighted by Gasteiger charge is -2.32. The average molecular weight is 586 g/mol. The zero-order valence-electron chi connectivity index (χ0n) is 23.4. The first kappa shape index (κ1) is 31.7. The normalized spacial score (nSPS) is 12.0. The number of nitrogens with one attached hydrogen (secondary N) is 1. The summed E-state index contributed by atoms with van der Waals surface area (Å²) in [4.78, 5) is 28.6. The maximum Gasteiger partial charge on any atom is 0.243 e.